The number of amides is 2. The second-order valence-electron chi connectivity index (χ2n) is 6.72. The Hall–Kier alpha value is -2.87. The Labute approximate surface area is 173 Å². The number of esters is 1. The molecular weight excluding hydrogens is 392 g/mol. The van der Waals surface area contributed by atoms with Gasteiger partial charge >= 0.3 is 5.97 Å². The van der Waals surface area contributed by atoms with Gasteiger partial charge in [-0.05, 0) is 37.5 Å². The summed E-state index contributed by atoms with van der Waals surface area (Å²) < 4.78 is 10.8. The number of nitrogens with zero attached hydrogens (tertiary/aromatic N) is 1. The number of thiophene rings is 1. The average Bonchev–Trinajstić information content (AvgIpc) is 3.04. The van der Waals surface area contributed by atoms with Crippen LogP contribution in [0.2, 0.25) is 0 Å². The fourth-order valence-electron chi connectivity index (χ4n) is 3.20. The van der Waals surface area contributed by atoms with E-state index < -0.39 is 5.97 Å². The highest BCUT2D eigenvalue weighted by molar-refractivity contribution is 7.17. The van der Waals surface area contributed by atoms with Crippen molar-refractivity contribution in [3.63, 3.8) is 0 Å². The van der Waals surface area contributed by atoms with Gasteiger partial charge in [0.05, 0.1) is 18.7 Å². The highest BCUT2D eigenvalue weighted by Crippen LogP contribution is 2.37. The minimum absolute atomic E-state index is 0.0149. The normalized spacial score (nSPS) is 12.9. The number of anilines is 1. The number of benzene rings is 1. The number of fused-ring (bicyclic) bond motifs is 1. The Bertz CT molecular complexity index is 937. The van der Waals surface area contributed by atoms with E-state index in [1.54, 1.807) is 17.9 Å². The molecule has 2 amide bonds. The van der Waals surface area contributed by atoms with Crippen molar-refractivity contribution in [1.82, 2.24) is 4.90 Å². The second kappa shape index (κ2) is 9.09. The predicted octanol–water partition coefficient (Wildman–Crippen LogP) is 3.16. The molecule has 154 valence electrons. The van der Waals surface area contributed by atoms with Crippen molar-refractivity contribution >= 4 is 34.1 Å². The first kappa shape index (κ1) is 20.9. The quantitative estimate of drug-likeness (QED) is 0.731. The Kier molecular flexibility index (Phi) is 6.53. The number of carbonyl (C=O) groups is 3. The molecule has 1 aromatic carbocycles. The zero-order valence-electron chi connectivity index (χ0n) is 16.7. The number of para-hydroxylation sites is 1. The summed E-state index contributed by atoms with van der Waals surface area (Å²) in [5.41, 5.74) is 2.17. The molecule has 8 heteroatoms. The van der Waals surface area contributed by atoms with E-state index >= 15 is 0 Å². The Morgan fingerprint density at radius 3 is 2.69 bits per heavy atom. The third-order valence-electron chi connectivity index (χ3n) is 4.69. The molecule has 0 atom stereocenters. The van der Waals surface area contributed by atoms with Gasteiger partial charge in [-0.2, -0.15) is 0 Å². The van der Waals surface area contributed by atoms with E-state index in [1.807, 2.05) is 25.1 Å². The van der Waals surface area contributed by atoms with Crippen molar-refractivity contribution < 1.29 is 23.9 Å². The molecule has 0 unspecified atom stereocenters. The molecule has 3 rings (SSSR count). The lowest BCUT2D eigenvalue weighted by Crippen LogP contribution is -2.34. The van der Waals surface area contributed by atoms with Gasteiger partial charge in [-0.15, -0.1) is 11.3 Å². The van der Waals surface area contributed by atoms with Crippen LogP contribution < -0.4 is 10.1 Å². The van der Waals surface area contributed by atoms with Crippen LogP contribution in [0.1, 0.15) is 40.2 Å². The van der Waals surface area contributed by atoms with E-state index in [0.717, 1.165) is 16.0 Å². The van der Waals surface area contributed by atoms with Crippen molar-refractivity contribution in [1.29, 1.82) is 0 Å². The van der Waals surface area contributed by atoms with E-state index in [-0.39, 0.29) is 25.0 Å². The first-order valence-electron chi connectivity index (χ1n) is 9.46. The summed E-state index contributed by atoms with van der Waals surface area (Å²) in [6.45, 7) is 6.20. The van der Waals surface area contributed by atoms with Crippen LogP contribution in [-0.2, 0) is 27.3 Å². The maximum atomic E-state index is 12.5. The van der Waals surface area contributed by atoms with Crippen LogP contribution in [-0.4, -0.2) is 42.4 Å². The number of carbonyl (C=O) groups excluding carboxylic acids is 3. The monoisotopic (exact) mass is 416 g/mol. The maximum Gasteiger partial charge on any atom is 0.341 e. The lowest BCUT2D eigenvalue weighted by molar-refractivity contribution is -0.129. The molecule has 29 heavy (non-hydrogen) atoms. The molecule has 1 N–H and O–H groups in total. The Morgan fingerprint density at radius 2 is 2.00 bits per heavy atom. The van der Waals surface area contributed by atoms with Gasteiger partial charge in [-0.3, -0.25) is 9.59 Å². The molecule has 7 nitrogen and oxygen atoms in total. The molecule has 0 saturated carbocycles. The molecule has 0 saturated heterocycles. The topological polar surface area (TPSA) is 84.9 Å². The summed E-state index contributed by atoms with van der Waals surface area (Å²) in [4.78, 5) is 39.3. The first-order valence-corrected chi connectivity index (χ1v) is 10.3. The van der Waals surface area contributed by atoms with Crippen molar-refractivity contribution in [2.24, 2.45) is 0 Å². The number of nitrogens with one attached hydrogen (secondary N) is 1. The predicted molar refractivity (Wildman–Crippen MR) is 110 cm³/mol. The van der Waals surface area contributed by atoms with Crippen LogP contribution in [0.15, 0.2) is 24.3 Å². The van der Waals surface area contributed by atoms with Gasteiger partial charge in [0, 0.05) is 18.3 Å². The van der Waals surface area contributed by atoms with Crippen LogP contribution >= 0.6 is 11.3 Å². The molecule has 0 aliphatic carbocycles. The van der Waals surface area contributed by atoms with Gasteiger partial charge in [0.2, 0.25) is 5.91 Å². The lowest BCUT2D eigenvalue weighted by Gasteiger charge is -2.25. The zero-order valence-corrected chi connectivity index (χ0v) is 17.6. The summed E-state index contributed by atoms with van der Waals surface area (Å²) in [5, 5.41) is 3.23. The molecule has 1 aliphatic heterocycles. The molecule has 2 aromatic rings. The van der Waals surface area contributed by atoms with Crippen molar-refractivity contribution in [2.75, 3.05) is 25.1 Å². The molecule has 0 spiro atoms. The standard InChI is InChI=1S/C21H24N2O5S/c1-4-27-21(26)19-15-9-10-23(14(3)24)11-17(15)29-20(19)22-18(25)12-28-16-8-6-5-7-13(16)2/h5-8H,4,9-12H2,1-3H3,(H,22,25). The number of aryl methyl sites for hydroxylation is 1. The number of hydrogen-bond donors (Lipinski definition) is 1. The molecule has 0 bridgehead atoms. The van der Waals surface area contributed by atoms with E-state index in [1.165, 1.54) is 18.3 Å². The molecule has 0 radical (unpaired) electrons. The van der Waals surface area contributed by atoms with Gasteiger partial charge in [-0.1, -0.05) is 18.2 Å². The second-order valence-corrected chi connectivity index (χ2v) is 7.83. The number of ether oxygens (including phenoxy) is 2. The van der Waals surface area contributed by atoms with E-state index in [9.17, 15) is 14.4 Å². The van der Waals surface area contributed by atoms with Crippen LogP contribution in [0.25, 0.3) is 0 Å². The SMILES string of the molecule is CCOC(=O)c1c(NC(=O)COc2ccccc2C)sc2c1CCN(C(C)=O)C2. The summed E-state index contributed by atoms with van der Waals surface area (Å²) >= 11 is 1.31. The van der Waals surface area contributed by atoms with Crippen LogP contribution in [0.4, 0.5) is 5.00 Å². The van der Waals surface area contributed by atoms with E-state index in [4.69, 9.17) is 9.47 Å². The summed E-state index contributed by atoms with van der Waals surface area (Å²) in [5.74, 6) is -0.202. The van der Waals surface area contributed by atoms with Gasteiger partial charge in [-0.25, -0.2) is 4.79 Å². The van der Waals surface area contributed by atoms with Gasteiger partial charge in [0.25, 0.3) is 5.91 Å². The molecule has 2 heterocycles. The molecule has 1 aliphatic rings. The fourth-order valence-corrected chi connectivity index (χ4v) is 4.47. The maximum absolute atomic E-state index is 12.5. The Morgan fingerprint density at radius 1 is 1.24 bits per heavy atom. The number of hydrogen-bond acceptors (Lipinski definition) is 6. The Balaban J connectivity index is 1.78. The summed E-state index contributed by atoms with van der Waals surface area (Å²) in [6, 6.07) is 7.44. The minimum atomic E-state index is -0.462. The molecular formula is C21H24N2O5S. The van der Waals surface area contributed by atoms with Crippen molar-refractivity contribution in [2.45, 2.75) is 33.7 Å². The van der Waals surface area contributed by atoms with E-state index in [0.29, 0.717) is 35.8 Å². The lowest BCUT2D eigenvalue weighted by atomic mass is 10.0. The third kappa shape index (κ3) is 4.76. The summed E-state index contributed by atoms with van der Waals surface area (Å²) in [6.07, 6.45) is 0.551. The average molecular weight is 416 g/mol. The highest BCUT2D eigenvalue weighted by atomic mass is 32.1. The van der Waals surface area contributed by atoms with Gasteiger partial charge in [0.15, 0.2) is 6.61 Å². The smallest absolute Gasteiger partial charge is 0.341 e. The fraction of sp³-hybridized carbons (Fsp3) is 0.381. The van der Waals surface area contributed by atoms with Crippen molar-refractivity contribution in [3.8, 4) is 5.75 Å². The van der Waals surface area contributed by atoms with Crippen molar-refractivity contribution in [3.05, 3.63) is 45.8 Å². The van der Waals surface area contributed by atoms with Crippen LogP contribution in [0.3, 0.4) is 0 Å². The molecule has 1 aromatic heterocycles. The van der Waals surface area contributed by atoms with Crippen LogP contribution in [0.5, 0.6) is 5.75 Å². The third-order valence-corrected chi connectivity index (χ3v) is 5.82. The van der Waals surface area contributed by atoms with Gasteiger partial charge in [0.1, 0.15) is 10.8 Å². The van der Waals surface area contributed by atoms with E-state index in [2.05, 4.69) is 5.32 Å². The number of rotatable bonds is 6. The first-order chi connectivity index (χ1) is 13.9. The highest BCUT2D eigenvalue weighted by Gasteiger charge is 2.30. The summed E-state index contributed by atoms with van der Waals surface area (Å²) in [7, 11) is 0. The molecule has 0 fully saturated rings. The van der Waals surface area contributed by atoms with Crippen LogP contribution in [0, 0.1) is 6.92 Å². The minimum Gasteiger partial charge on any atom is -0.483 e. The largest absolute Gasteiger partial charge is 0.483 e. The zero-order chi connectivity index (χ0) is 21.0. The van der Waals surface area contributed by atoms with Gasteiger partial charge < -0.3 is 19.7 Å².